The minimum atomic E-state index is -5.32. The summed E-state index contributed by atoms with van der Waals surface area (Å²) in [6, 6.07) is 2.82. The van der Waals surface area contributed by atoms with E-state index in [4.69, 9.17) is 23.2 Å². The van der Waals surface area contributed by atoms with E-state index in [1.54, 1.807) is 5.32 Å². The molecule has 2 atom stereocenters. The molecule has 4 nitrogen and oxygen atoms in total. The lowest BCUT2D eigenvalue weighted by molar-refractivity contribution is -0.154. The van der Waals surface area contributed by atoms with Crippen LogP contribution in [0.25, 0.3) is 11.9 Å². The summed E-state index contributed by atoms with van der Waals surface area (Å²) in [6.45, 7) is 4.38. The van der Waals surface area contributed by atoms with Crippen molar-refractivity contribution in [1.82, 2.24) is 10.6 Å². The van der Waals surface area contributed by atoms with E-state index in [1.807, 2.05) is 5.32 Å². The number of hydrogen-bond donors (Lipinski definition) is 2. The van der Waals surface area contributed by atoms with Gasteiger partial charge < -0.3 is 10.6 Å². The van der Waals surface area contributed by atoms with Gasteiger partial charge in [0, 0.05) is 21.2 Å². The summed E-state index contributed by atoms with van der Waals surface area (Å²) in [5, 5.41) is 3.07. The monoisotopic (exact) mass is 638 g/mol. The second-order valence-electron chi connectivity index (χ2n) is 8.45. The van der Waals surface area contributed by atoms with Gasteiger partial charge in [0.15, 0.2) is 0 Å². The lowest BCUT2D eigenvalue weighted by Gasteiger charge is -2.20. The topological polar surface area (TPSA) is 58.2 Å². The molecule has 0 aromatic heterocycles. The summed E-state index contributed by atoms with van der Waals surface area (Å²) in [7, 11) is 0. The van der Waals surface area contributed by atoms with Crippen molar-refractivity contribution in [2.45, 2.75) is 44.0 Å². The number of amides is 2. The number of rotatable bonds is 8. The van der Waals surface area contributed by atoms with Crippen LogP contribution in [-0.2, 0) is 11.0 Å². The van der Waals surface area contributed by atoms with Gasteiger partial charge in [0.25, 0.3) is 5.91 Å². The van der Waals surface area contributed by atoms with E-state index < -0.39 is 76.9 Å². The van der Waals surface area contributed by atoms with Crippen LogP contribution in [-0.4, -0.2) is 30.3 Å². The van der Waals surface area contributed by atoms with E-state index in [0.29, 0.717) is 12.1 Å². The first-order valence-electron chi connectivity index (χ1n) is 11.1. The lowest BCUT2D eigenvalue weighted by atomic mass is 9.94. The summed E-state index contributed by atoms with van der Waals surface area (Å²) in [6.07, 6.45) is -17.7. The third kappa shape index (κ3) is 9.38. The van der Waals surface area contributed by atoms with Crippen LogP contribution in [0, 0.1) is 0 Å². The fourth-order valence-corrected chi connectivity index (χ4v) is 4.17. The highest BCUT2D eigenvalue weighted by atomic mass is 35.5. The van der Waals surface area contributed by atoms with Gasteiger partial charge >= 0.3 is 18.5 Å². The quantitative estimate of drug-likeness (QED) is 0.225. The molecule has 16 heteroatoms. The molecule has 0 fully saturated rings. The van der Waals surface area contributed by atoms with Crippen molar-refractivity contribution in [3.8, 4) is 0 Å². The molecule has 0 aliphatic rings. The summed E-state index contributed by atoms with van der Waals surface area (Å²) in [4.78, 5) is 23.8. The SMILES string of the molecule is C=Cc1c(Cl)cc(C(/C=C(\F)c2ccc(C(=O)N[C@H](C)NC(=O)CC(F)(F)F)c(C(F)(F)F)c2)C(F)(F)F)cc1Cl. The first kappa shape index (κ1) is 33.9. The van der Waals surface area contributed by atoms with Gasteiger partial charge in [-0.1, -0.05) is 41.9 Å². The maximum atomic E-state index is 15.0. The Morgan fingerprint density at radius 2 is 1.51 bits per heavy atom. The molecule has 0 saturated carbocycles. The summed E-state index contributed by atoms with van der Waals surface area (Å²) >= 11 is 11.8. The van der Waals surface area contributed by atoms with Crippen molar-refractivity contribution in [3.63, 3.8) is 0 Å². The van der Waals surface area contributed by atoms with Crippen molar-refractivity contribution < 1.29 is 53.5 Å². The Morgan fingerprint density at radius 3 is 1.98 bits per heavy atom. The molecular formula is C25H18Cl2F10N2O2. The van der Waals surface area contributed by atoms with Gasteiger partial charge in [-0.2, -0.15) is 39.5 Å². The molecule has 2 amide bonds. The van der Waals surface area contributed by atoms with Gasteiger partial charge in [-0.25, -0.2) is 4.39 Å². The van der Waals surface area contributed by atoms with Crippen LogP contribution in [0.15, 0.2) is 43.0 Å². The molecule has 2 rings (SSSR count). The first-order valence-corrected chi connectivity index (χ1v) is 11.8. The van der Waals surface area contributed by atoms with E-state index in [0.717, 1.165) is 19.1 Å². The smallest absolute Gasteiger partial charge is 0.336 e. The molecule has 0 aliphatic carbocycles. The van der Waals surface area contributed by atoms with E-state index in [-0.39, 0.29) is 27.8 Å². The maximum absolute atomic E-state index is 15.0. The van der Waals surface area contributed by atoms with Crippen molar-refractivity contribution in [2.75, 3.05) is 0 Å². The predicted octanol–water partition coefficient (Wildman–Crippen LogP) is 8.46. The van der Waals surface area contributed by atoms with Gasteiger partial charge in [-0.05, 0) is 42.8 Å². The Balaban J connectivity index is 2.46. The number of benzene rings is 2. The first-order chi connectivity index (χ1) is 18.6. The molecule has 0 saturated heterocycles. The van der Waals surface area contributed by atoms with E-state index in [2.05, 4.69) is 6.58 Å². The van der Waals surface area contributed by atoms with Crippen LogP contribution in [0.3, 0.4) is 0 Å². The molecule has 1 unspecified atom stereocenters. The molecule has 0 heterocycles. The zero-order chi connectivity index (χ0) is 31.5. The highest BCUT2D eigenvalue weighted by molar-refractivity contribution is 6.37. The Kier molecular flexibility index (Phi) is 10.5. The van der Waals surface area contributed by atoms with Gasteiger partial charge in [0.05, 0.1) is 17.3 Å². The van der Waals surface area contributed by atoms with Gasteiger partial charge in [-0.3, -0.25) is 9.59 Å². The van der Waals surface area contributed by atoms with Crippen LogP contribution < -0.4 is 10.6 Å². The summed E-state index contributed by atoms with van der Waals surface area (Å²) in [5.41, 5.74) is -4.41. The highest BCUT2D eigenvalue weighted by Gasteiger charge is 2.41. The molecule has 0 bridgehead atoms. The molecule has 41 heavy (non-hydrogen) atoms. The zero-order valence-corrected chi connectivity index (χ0v) is 22.0. The molecule has 0 aliphatic heterocycles. The summed E-state index contributed by atoms with van der Waals surface area (Å²) < 4.78 is 135. The average Bonchev–Trinajstić information content (AvgIpc) is 2.78. The Bertz CT molecular complexity index is 1330. The second kappa shape index (κ2) is 12.7. The minimum absolute atomic E-state index is 0.00304. The largest absolute Gasteiger partial charge is 0.417 e. The van der Waals surface area contributed by atoms with Crippen molar-refractivity contribution in [2.24, 2.45) is 0 Å². The molecule has 0 radical (unpaired) electrons. The number of carbonyl (C=O) groups excluding carboxylic acids is 2. The Labute approximate surface area is 236 Å². The van der Waals surface area contributed by atoms with Crippen molar-refractivity contribution in [3.05, 3.63) is 80.8 Å². The van der Waals surface area contributed by atoms with Gasteiger partial charge in [0.1, 0.15) is 18.2 Å². The third-order valence-corrected chi connectivity index (χ3v) is 5.89. The van der Waals surface area contributed by atoms with Crippen LogP contribution in [0.5, 0.6) is 0 Å². The fraction of sp³-hybridized carbons (Fsp3) is 0.280. The van der Waals surface area contributed by atoms with Crippen LogP contribution in [0.1, 0.15) is 51.9 Å². The maximum Gasteiger partial charge on any atom is 0.417 e. The molecule has 2 aromatic rings. The Morgan fingerprint density at radius 1 is 0.951 bits per heavy atom. The number of carbonyl (C=O) groups is 2. The van der Waals surface area contributed by atoms with Crippen LogP contribution >= 0.6 is 23.2 Å². The lowest BCUT2D eigenvalue weighted by Crippen LogP contribution is -2.47. The molecule has 224 valence electrons. The standard InChI is InChI=1S/C25H18Cl2F10N2O2/c1-3-14-18(26)7-13(8-19(14)27)16(24(32,33)34)9-20(28)12-4-5-15(17(6-12)25(35,36)37)22(41)39-11(2)38-21(40)10-23(29,30)31/h3-9,11,16H,1,10H2,2H3,(H,38,40)(H,39,41)/b20-9-/t11-,16?/m1/s1. The van der Waals surface area contributed by atoms with Crippen molar-refractivity contribution in [1.29, 1.82) is 0 Å². The van der Waals surface area contributed by atoms with Crippen LogP contribution in [0.4, 0.5) is 43.9 Å². The normalized spacial score (nSPS) is 14.3. The van der Waals surface area contributed by atoms with Gasteiger partial charge in [-0.15, -0.1) is 0 Å². The third-order valence-electron chi connectivity index (χ3n) is 5.26. The minimum Gasteiger partial charge on any atom is -0.336 e. The number of hydrogen-bond acceptors (Lipinski definition) is 2. The summed E-state index contributed by atoms with van der Waals surface area (Å²) in [5.74, 6) is -7.54. The zero-order valence-electron chi connectivity index (χ0n) is 20.5. The van der Waals surface area contributed by atoms with E-state index >= 15 is 4.39 Å². The fourth-order valence-electron chi connectivity index (χ4n) is 3.51. The molecular weight excluding hydrogens is 621 g/mol. The number of nitrogens with one attached hydrogen (secondary N) is 2. The highest BCUT2D eigenvalue weighted by Crippen LogP contribution is 2.42. The van der Waals surface area contributed by atoms with Gasteiger partial charge in [0.2, 0.25) is 5.91 Å². The molecule has 2 N–H and O–H groups in total. The molecule has 2 aromatic carbocycles. The van der Waals surface area contributed by atoms with E-state index in [1.165, 1.54) is 6.08 Å². The Hall–Kier alpha value is -3.26. The second-order valence-corrected chi connectivity index (χ2v) is 9.26. The van der Waals surface area contributed by atoms with Crippen LogP contribution in [0.2, 0.25) is 10.0 Å². The predicted molar refractivity (Wildman–Crippen MR) is 132 cm³/mol. The van der Waals surface area contributed by atoms with E-state index in [9.17, 15) is 49.1 Å². The number of alkyl halides is 9. The average molecular weight is 639 g/mol. The number of halogens is 12. The van der Waals surface area contributed by atoms with Crippen molar-refractivity contribution >= 4 is 46.9 Å². The number of allylic oxidation sites excluding steroid dienone is 1. The molecule has 0 spiro atoms.